The molecule has 132 valence electrons. The van der Waals surface area contributed by atoms with Crippen molar-refractivity contribution in [3.8, 4) is 5.75 Å². The number of carbonyl (C=O) groups is 2. The van der Waals surface area contributed by atoms with E-state index in [0.29, 0.717) is 6.42 Å². The largest absolute Gasteiger partial charge is 0.478 e. The van der Waals surface area contributed by atoms with Crippen LogP contribution in [0.4, 0.5) is 5.69 Å². The summed E-state index contributed by atoms with van der Waals surface area (Å²) in [6.45, 7) is 2.15. The van der Waals surface area contributed by atoms with E-state index in [4.69, 9.17) is 9.84 Å². The highest BCUT2D eigenvalue weighted by molar-refractivity contribution is 5.89. The molecule has 0 bridgehead atoms. The second kappa shape index (κ2) is 10.4. The minimum absolute atomic E-state index is 0.155. The van der Waals surface area contributed by atoms with Gasteiger partial charge in [0, 0.05) is 18.6 Å². The Morgan fingerprint density at radius 2 is 1.75 bits per heavy atom. The monoisotopic (exact) mass is 337 g/mol. The van der Waals surface area contributed by atoms with Crippen molar-refractivity contribution in [1.29, 1.82) is 0 Å². The predicted octanol–water partition coefficient (Wildman–Crippen LogP) is 4.34. The molecule has 1 N–H and O–H groups in total. The normalized spacial score (nSPS) is 10.4. The quantitative estimate of drug-likeness (QED) is 0.212. The number of carboxylic acids is 1. The molecule has 7 heteroatoms. The highest BCUT2D eigenvalue weighted by Crippen LogP contribution is 2.28. The van der Waals surface area contributed by atoms with Gasteiger partial charge in [0.1, 0.15) is 0 Å². The molecule has 0 saturated carbocycles. The van der Waals surface area contributed by atoms with E-state index in [9.17, 15) is 19.7 Å². The molecule has 1 aromatic carbocycles. The van der Waals surface area contributed by atoms with Gasteiger partial charge >= 0.3 is 17.6 Å². The maximum absolute atomic E-state index is 11.8. The van der Waals surface area contributed by atoms with Gasteiger partial charge in [-0.05, 0) is 12.5 Å². The fourth-order valence-corrected chi connectivity index (χ4v) is 2.28. The van der Waals surface area contributed by atoms with Gasteiger partial charge in [-0.3, -0.25) is 14.9 Å². The number of nitrogens with zero attached hydrogens (tertiary/aromatic N) is 1. The summed E-state index contributed by atoms with van der Waals surface area (Å²) in [4.78, 5) is 33.0. The number of carboxylic acid groups (broad SMARTS) is 1. The van der Waals surface area contributed by atoms with Crippen LogP contribution in [0.2, 0.25) is 0 Å². The van der Waals surface area contributed by atoms with Crippen molar-refractivity contribution >= 4 is 17.6 Å². The first kappa shape index (κ1) is 19.6. The molecule has 0 spiro atoms. The molecular formula is C17H23NO6. The summed E-state index contributed by atoms with van der Waals surface area (Å²) in [5.74, 6) is -2.16. The Hall–Kier alpha value is -2.44. The predicted molar refractivity (Wildman–Crippen MR) is 88.3 cm³/mol. The molecule has 24 heavy (non-hydrogen) atoms. The Morgan fingerprint density at radius 3 is 2.33 bits per heavy atom. The van der Waals surface area contributed by atoms with Crippen molar-refractivity contribution in [2.24, 2.45) is 0 Å². The SMILES string of the molecule is CCCCCCCCCC(=O)Oc1cc(C(=O)O)ccc1[N+](=O)[O-]. The molecule has 0 radical (unpaired) electrons. The van der Waals surface area contributed by atoms with Crippen LogP contribution in [-0.2, 0) is 4.79 Å². The highest BCUT2D eigenvalue weighted by atomic mass is 16.6. The summed E-state index contributed by atoms with van der Waals surface area (Å²) in [6.07, 6.45) is 7.47. The summed E-state index contributed by atoms with van der Waals surface area (Å²) in [5, 5.41) is 19.9. The summed E-state index contributed by atoms with van der Waals surface area (Å²) in [5.41, 5.74) is -0.591. The van der Waals surface area contributed by atoms with Crippen molar-refractivity contribution in [3.05, 3.63) is 33.9 Å². The van der Waals surface area contributed by atoms with Gasteiger partial charge in [0.15, 0.2) is 0 Å². The maximum Gasteiger partial charge on any atom is 0.335 e. The smallest absolute Gasteiger partial charge is 0.335 e. The lowest BCUT2D eigenvalue weighted by Gasteiger charge is -2.06. The van der Waals surface area contributed by atoms with Crippen LogP contribution in [0.5, 0.6) is 5.75 Å². The van der Waals surface area contributed by atoms with Crippen LogP contribution in [0.25, 0.3) is 0 Å². The molecule has 0 unspecified atom stereocenters. The standard InChI is InChI=1S/C17H23NO6/c1-2-3-4-5-6-7-8-9-16(19)24-15-12-13(17(20)21)10-11-14(15)18(22)23/h10-12H,2-9H2,1H3,(H,20,21). The van der Waals surface area contributed by atoms with Crippen LogP contribution in [0, 0.1) is 10.1 Å². The lowest BCUT2D eigenvalue weighted by molar-refractivity contribution is -0.385. The Bertz CT molecular complexity index is 584. The molecule has 0 amide bonds. The molecule has 0 fully saturated rings. The van der Waals surface area contributed by atoms with E-state index in [1.54, 1.807) is 0 Å². The van der Waals surface area contributed by atoms with Gasteiger partial charge in [0.2, 0.25) is 5.75 Å². The zero-order valence-electron chi connectivity index (χ0n) is 13.8. The number of benzene rings is 1. The van der Waals surface area contributed by atoms with Crippen LogP contribution in [0.3, 0.4) is 0 Å². The minimum atomic E-state index is -1.24. The third-order valence-electron chi connectivity index (χ3n) is 3.61. The minimum Gasteiger partial charge on any atom is -0.478 e. The van der Waals surface area contributed by atoms with Gasteiger partial charge in [-0.2, -0.15) is 0 Å². The lowest BCUT2D eigenvalue weighted by Crippen LogP contribution is -2.10. The van der Waals surface area contributed by atoms with E-state index < -0.39 is 22.5 Å². The van der Waals surface area contributed by atoms with Crippen LogP contribution >= 0.6 is 0 Å². The number of esters is 1. The molecule has 0 aromatic heterocycles. The molecule has 1 aromatic rings. The number of ether oxygens (including phenoxy) is 1. The van der Waals surface area contributed by atoms with Gasteiger partial charge in [-0.1, -0.05) is 45.4 Å². The van der Waals surface area contributed by atoms with E-state index in [1.807, 2.05) is 0 Å². The fraction of sp³-hybridized carbons (Fsp3) is 0.529. The van der Waals surface area contributed by atoms with Crippen LogP contribution < -0.4 is 4.74 Å². The number of rotatable bonds is 11. The van der Waals surface area contributed by atoms with Crippen molar-refractivity contribution in [2.75, 3.05) is 0 Å². The van der Waals surface area contributed by atoms with Crippen LogP contribution in [-0.4, -0.2) is 22.0 Å². The van der Waals surface area contributed by atoms with Gasteiger partial charge in [0.05, 0.1) is 10.5 Å². The highest BCUT2D eigenvalue weighted by Gasteiger charge is 2.20. The van der Waals surface area contributed by atoms with E-state index in [2.05, 4.69) is 6.92 Å². The topological polar surface area (TPSA) is 107 Å². The summed E-state index contributed by atoms with van der Waals surface area (Å²) in [7, 11) is 0. The number of hydrogen-bond donors (Lipinski definition) is 1. The van der Waals surface area contributed by atoms with Gasteiger partial charge in [0.25, 0.3) is 0 Å². The number of carbonyl (C=O) groups excluding carboxylic acids is 1. The molecule has 0 aliphatic heterocycles. The molecule has 0 aliphatic carbocycles. The number of nitro groups is 1. The van der Waals surface area contributed by atoms with Crippen molar-refractivity contribution in [2.45, 2.75) is 58.3 Å². The van der Waals surface area contributed by atoms with Crippen molar-refractivity contribution < 1.29 is 24.4 Å². The second-order valence-corrected chi connectivity index (χ2v) is 5.59. The van der Waals surface area contributed by atoms with E-state index in [1.165, 1.54) is 19.3 Å². The molecular weight excluding hydrogens is 314 g/mol. The first-order valence-corrected chi connectivity index (χ1v) is 8.18. The number of aromatic carboxylic acids is 1. The van der Waals surface area contributed by atoms with Crippen molar-refractivity contribution in [3.63, 3.8) is 0 Å². The van der Waals surface area contributed by atoms with Gasteiger partial charge in [-0.15, -0.1) is 0 Å². The molecule has 0 heterocycles. The number of nitro benzene ring substituents is 1. The second-order valence-electron chi connectivity index (χ2n) is 5.59. The molecule has 1 rings (SSSR count). The van der Waals surface area contributed by atoms with E-state index >= 15 is 0 Å². The molecule has 7 nitrogen and oxygen atoms in total. The number of unbranched alkanes of at least 4 members (excludes halogenated alkanes) is 6. The average molecular weight is 337 g/mol. The number of hydrogen-bond acceptors (Lipinski definition) is 5. The third-order valence-corrected chi connectivity index (χ3v) is 3.61. The zero-order chi connectivity index (χ0) is 17.9. The third kappa shape index (κ3) is 6.76. The average Bonchev–Trinajstić information content (AvgIpc) is 2.53. The first-order chi connectivity index (χ1) is 11.5. The summed E-state index contributed by atoms with van der Waals surface area (Å²) in [6, 6.07) is 3.14. The van der Waals surface area contributed by atoms with E-state index in [-0.39, 0.29) is 17.7 Å². The van der Waals surface area contributed by atoms with Gasteiger partial charge in [-0.25, -0.2) is 4.79 Å². The maximum atomic E-state index is 11.8. The molecule has 0 atom stereocenters. The lowest BCUT2D eigenvalue weighted by atomic mass is 10.1. The first-order valence-electron chi connectivity index (χ1n) is 8.18. The summed E-state index contributed by atoms with van der Waals surface area (Å²) < 4.78 is 5.00. The van der Waals surface area contributed by atoms with Gasteiger partial charge < -0.3 is 9.84 Å². The van der Waals surface area contributed by atoms with E-state index in [0.717, 1.165) is 37.5 Å². The Balaban J connectivity index is 2.52. The Kier molecular flexibility index (Phi) is 8.46. The fourth-order valence-electron chi connectivity index (χ4n) is 2.28. The molecule has 0 saturated heterocycles. The summed E-state index contributed by atoms with van der Waals surface area (Å²) >= 11 is 0. The Labute approximate surface area is 140 Å². The van der Waals surface area contributed by atoms with Crippen LogP contribution in [0.15, 0.2) is 18.2 Å². The molecule has 0 aliphatic rings. The van der Waals surface area contributed by atoms with Crippen LogP contribution in [0.1, 0.15) is 68.6 Å². The zero-order valence-corrected chi connectivity index (χ0v) is 13.8. The van der Waals surface area contributed by atoms with Crippen molar-refractivity contribution in [1.82, 2.24) is 0 Å². The Morgan fingerprint density at radius 1 is 1.12 bits per heavy atom.